The second-order valence-electron chi connectivity index (χ2n) is 21.7. The van der Waals surface area contributed by atoms with Crippen LogP contribution in [0.1, 0.15) is 335 Å². The molecule has 2 atom stereocenters. The first-order chi connectivity index (χ1) is 35.5. The van der Waals surface area contributed by atoms with Crippen molar-refractivity contribution in [1.82, 2.24) is 5.32 Å². The zero-order chi connectivity index (χ0) is 52.2. The summed E-state index contributed by atoms with van der Waals surface area (Å²) in [4.78, 5) is 24.5. The Morgan fingerprint density at radius 2 is 0.694 bits per heavy atom. The Morgan fingerprint density at radius 3 is 1.07 bits per heavy atom. The summed E-state index contributed by atoms with van der Waals surface area (Å²) in [6.07, 6.45) is 78.8. The second-order valence-corrected chi connectivity index (χ2v) is 21.7. The highest BCUT2D eigenvalue weighted by molar-refractivity contribution is 5.76. The Balaban J connectivity index is 3.41. The van der Waals surface area contributed by atoms with Crippen LogP contribution in [0.15, 0.2) is 48.6 Å². The van der Waals surface area contributed by atoms with Crippen molar-refractivity contribution in [2.24, 2.45) is 0 Å². The van der Waals surface area contributed by atoms with E-state index in [4.69, 9.17) is 4.74 Å². The fraction of sp³-hybridized carbons (Fsp3) is 0.848. The van der Waals surface area contributed by atoms with E-state index in [2.05, 4.69) is 55.6 Å². The van der Waals surface area contributed by atoms with E-state index in [0.29, 0.717) is 19.4 Å². The van der Waals surface area contributed by atoms with E-state index in [0.717, 1.165) is 51.4 Å². The third kappa shape index (κ3) is 57.1. The van der Waals surface area contributed by atoms with Gasteiger partial charge in [-0.3, -0.25) is 9.59 Å². The van der Waals surface area contributed by atoms with Crippen molar-refractivity contribution < 1.29 is 24.5 Å². The average Bonchev–Trinajstić information content (AvgIpc) is 3.38. The molecular weight excluding hydrogens is 887 g/mol. The summed E-state index contributed by atoms with van der Waals surface area (Å²) in [5.74, 6) is -0.0667. The quantitative estimate of drug-likeness (QED) is 0.0320. The van der Waals surface area contributed by atoms with Crippen LogP contribution in [0.3, 0.4) is 0 Å². The van der Waals surface area contributed by atoms with Gasteiger partial charge in [-0.05, 0) is 89.9 Å². The summed E-state index contributed by atoms with van der Waals surface area (Å²) in [6.45, 7) is 4.89. The van der Waals surface area contributed by atoms with Crippen molar-refractivity contribution in [2.45, 2.75) is 347 Å². The number of rotatable bonds is 59. The lowest BCUT2D eigenvalue weighted by Crippen LogP contribution is -2.45. The fourth-order valence-corrected chi connectivity index (χ4v) is 9.66. The Hall–Kier alpha value is -2.18. The standard InChI is InChI=1S/C66H123NO5/c1-3-5-7-9-11-13-15-16-32-36-40-44-48-52-56-60-66(71)72-61-57-53-49-45-41-37-34-31-29-27-25-23-21-19-17-18-20-22-24-26-28-30-33-35-39-43-47-51-55-59-65(70)67-63(62-68)64(69)58-54-50-46-42-38-14-12-10-8-6-4-2/h16-17,19,23,25,32,54,58,63-64,68-69H,3-15,18,20-22,24,26-31,33-53,55-57,59-62H2,1-2H3,(H,67,70)/b19-17-,25-23-,32-16-,58-54+. The monoisotopic (exact) mass is 1010 g/mol. The zero-order valence-corrected chi connectivity index (χ0v) is 48.2. The molecular formula is C66H123NO5. The normalized spacial score (nSPS) is 12.9. The van der Waals surface area contributed by atoms with Crippen molar-refractivity contribution in [3.05, 3.63) is 48.6 Å². The van der Waals surface area contributed by atoms with Crippen LogP contribution < -0.4 is 5.32 Å². The van der Waals surface area contributed by atoms with Gasteiger partial charge in [0.25, 0.3) is 0 Å². The van der Waals surface area contributed by atoms with E-state index >= 15 is 0 Å². The highest BCUT2D eigenvalue weighted by atomic mass is 16.5. The molecule has 0 aromatic rings. The summed E-state index contributed by atoms with van der Waals surface area (Å²) < 4.78 is 5.48. The number of hydrogen-bond acceptors (Lipinski definition) is 5. The van der Waals surface area contributed by atoms with Crippen LogP contribution in [0.25, 0.3) is 0 Å². The van der Waals surface area contributed by atoms with Crippen LogP contribution in [0.4, 0.5) is 0 Å². The molecule has 0 aromatic carbocycles. The molecule has 0 fully saturated rings. The minimum Gasteiger partial charge on any atom is -0.466 e. The number of unbranched alkanes of at least 4 members (excludes halogenated alkanes) is 42. The number of hydrogen-bond donors (Lipinski definition) is 3. The lowest BCUT2D eigenvalue weighted by molar-refractivity contribution is -0.143. The van der Waals surface area contributed by atoms with Crippen molar-refractivity contribution in [3.63, 3.8) is 0 Å². The Morgan fingerprint density at radius 1 is 0.389 bits per heavy atom. The number of carbonyl (C=O) groups is 2. The summed E-state index contributed by atoms with van der Waals surface area (Å²) in [5, 5.41) is 23.0. The van der Waals surface area contributed by atoms with E-state index in [1.807, 2.05) is 6.08 Å². The van der Waals surface area contributed by atoms with Crippen LogP contribution in [0.5, 0.6) is 0 Å². The molecule has 3 N–H and O–H groups in total. The molecule has 0 aliphatic carbocycles. The van der Waals surface area contributed by atoms with Gasteiger partial charge in [-0.15, -0.1) is 0 Å². The molecule has 0 aliphatic rings. The van der Waals surface area contributed by atoms with Gasteiger partial charge in [-0.2, -0.15) is 0 Å². The first-order valence-corrected chi connectivity index (χ1v) is 31.9. The number of ether oxygens (including phenoxy) is 1. The molecule has 0 saturated heterocycles. The van der Waals surface area contributed by atoms with Gasteiger partial charge in [0.15, 0.2) is 0 Å². The van der Waals surface area contributed by atoms with Crippen LogP contribution in [0.2, 0.25) is 0 Å². The molecule has 0 heterocycles. The van der Waals surface area contributed by atoms with Crippen LogP contribution >= 0.6 is 0 Å². The van der Waals surface area contributed by atoms with Gasteiger partial charge in [-0.1, -0.05) is 281 Å². The maximum absolute atomic E-state index is 12.4. The fourth-order valence-electron chi connectivity index (χ4n) is 9.66. The van der Waals surface area contributed by atoms with E-state index in [-0.39, 0.29) is 18.5 Å². The third-order valence-electron chi connectivity index (χ3n) is 14.6. The number of allylic oxidation sites excluding steroid dienone is 7. The van der Waals surface area contributed by atoms with E-state index in [1.165, 1.54) is 257 Å². The molecule has 0 aromatic heterocycles. The molecule has 0 saturated carbocycles. The zero-order valence-electron chi connectivity index (χ0n) is 48.2. The highest BCUT2D eigenvalue weighted by Gasteiger charge is 2.18. The number of nitrogens with one attached hydrogen (secondary N) is 1. The smallest absolute Gasteiger partial charge is 0.305 e. The molecule has 1 amide bonds. The summed E-state index contributed by atoms with van der Waals surface area (Å²) in [6, 6.07) is -0.628. The molecule has 0 spiro atoms. The molecule has 72 heavy (non-hydrogen) atoms. The van der Waals surface area contributed by atoms with Crippen molar-refractivity contribution >= 4 is 11.9 Å². The first-order valence-electron chi connectivity index (χ1n) is 31.9. The van der Waals surface area contributed by atoms with E-state index in [1.54, 1.807) is 6.08 Å². The van der Waals surface area contributed by atoms with E-state index < -0.39 is 12.1 Å². The predicted octanol–water partition coefficient (Wildman–Crippen LogP) is 20.1. The van der Waals surface area contributed by atoms with Crippen molar-refractivity contribution in [1.29, 1.82) is 0 Å². The van der Waals surface area contributed by atoms with Crippen LogP contribution in [-0.4, -0.2) is 47.4 Å². The Kier molecular flexibility index (Phi) is 59.5. The number of aliphatic hydroxyl groups is 2. The molecule has 0 rings (SSSR count). The summed E-state index contributed by atoms with van der Waals surface area (Å²) >= 11 is 0. The van der Waals surface area contributed by atoms with Gasteiger partial charge in [0, 0.05) is 12.8 Å². The maximum atomic E-state index is 12.4. The van der Waals surface area contributed by atoms with Gasteiger partial charge in [0.1, 0.15) is 0 Å². The van der Waals surface area contributed by atoms with E-state index in [9.17, 15) is 19.8 Å². The summed E-state index contributed by atoms with van der Waals surface area (Å²) in [7, 11) is 0. The molecule has 0 radical (unpaired) electrons. The Labute approximate surface area is 448 Å². The van der Waals surface area contributed by atoms with Crippen molar-refractivity contribution in [3.8, 4) is 0 Å². The lowest BCUT2D eigenvalue weighted by atomic mass is 10.0. The largest absolute Gasteiger partial charge is 0.466 e. The van der Waals surface area contributed by atoms with Crippen LogP contribution in [-0.2, 0) is 14.3 Å². The first kappa shape index (κ1) is 69.8. The SMILES string of the molecule is CCCCCCCC/C=C\CCCCCCCC(=O)OCCCCCCCCCCC/C=C\C/C=C\CCCCCCCCCCCCCCCC(=O)NC(CO)C(O)/C=C/CCCCCCCCCCC. The molecule has 422 valence electrons. The average molecular weight is 1010 g/mol. The summed E-state index contributed by atoms with van der Waals surface area (Å²) in [5.41, 5.74) is 0. The third-order valence-corrected chi connectivity index (χ3v) is 14.6. The highest BCUT2D eigenvalue weighted by Crippen LogP contribution is 2.16. The van der Waals surface area contributed by atoms with Gasteiger partial charge in [-0.25, -0.2) is 0 Å². The minimum atomic E-state index is -0.844. The number of esters is 1. The molecule has 6 nitrogen and oxygen atoms in total. The van der Waals surface area contributed by atoms with Crippen molar-refractivity contribution in [2.75, 3.05) is 13.2 Å². The minimum absolute atomic E-state index is 0.00342. The lowest BCUT2D eigenvalue weighted by Gasteiger charge is -2.20. The Bertz CT molecular complexity index is 1210. The molecule has 0 bridgehead atoms. The molecule has 0 aliphatic heterocycles. The van der Waals surface area contributed by atoms with Crippen LogP contribution in [0, 0.1) is 0 Å². The van der Waals surface area contributed by atoms with Gasteiger partial charge in [0.05, 0.1) is 25.4 Å². The maximum Gasteiger partial charge on any atom is 0.305 e. The molecule has 2 unspecified atom stereocenters. The molecule has 6 heteroatoms. The number of aliphatic hydroxyl groups excluding tert-OH is 2. The number of carbonyl (C=O) groups excluding carboxylic acids is 2. The van der Waals surface area contributed by atoms with Gasteiger partial charge >= 0.3 is 5.97 Å². The number of amides is 1. The predicted molar refractivity (Wildman–Crippen MR) is 315 cm³/mol. The van der Waals surface area contributed by atoms with Gasteiger partial charge in [0.2, 0.25) is 5.91 Å². The van der Waals surface area contributed by atoms with Gasteiger partial charge < -0.3 is 20.3 Å². The topological polar surface area (TPSA) is 95.9 Å². The second kappa shape index (κ2) is 61.4.